The summed E-state index contributed by atoms with van der Waals surface area (Å²) in [7, 11) is -2.05. The molecule has 1 atom stereocenters. The van der Waals surface area contributed by atoms with Crippen molar-refractivity contribution in [1.82, 2.24) is 0 Å². The summed E-state index contributed by atoms with van der Waals surface area (Å²) in [5, 5.41) is 0. The first-order valence-corrected chi connectivity index (χ1v) is 15.4. The molecular weight excluding hydrogens is 447 g/mol. The van der Waals surface area contributed by atoms with Crippen LogP contribution in [0.4, 0.5) is 0 Å². The molecule has 0 saturated heterocycles. The molecule has 0 aliphatic heterocycles. The number of hydrogen-bond acceptors (Lipinski definition) is 5. The van der Waals surface area contributed by atoms with E-state index in [0.29, 0.717) is 31.8 Å². The number of carbonyl (C=O) groups excluding carboxylic acids is 1. The highest BCUT2D eigenvalue weighted by Gasteiger charge is 2.39. The summed E-state index contributed by atoms with van der Waals surface area (Å²) in [6.07, 6.45) is 17.5. The summed E-state index contributed by atoms with van der Waals surface area (Å²) in [4.78, 5) is 12.1. The van der Waals surface area contributed by atoms with Crippen LogP contribution < -0.4 is 0 Å². The Kier molecular flexibility index (Phi) is 22.4. The molecule has 0 fully saturated rings. The molecule has 0 spiro atoms. The van der Waals surface area contributed by atoms with Gasteiger partial charge in [0.05, 0.1) is 26.2 Å². The van der Waals surface area contributed by atoms with Crippen LogP contribution in [0.25, 0.3) is 0 Å². The topological polar surface area (TPSA) is 61.8 Å². The van der Waals surface area contributed by atoms with Crippen LogP contribution in [0.15, 0.2) is 12.2 Å². The minimum absolute atomic E-state index is 0.183. The van der Waals surface area contributed by atoms with Crippen LogP contribution in [0.1, 0.15) is 130 Å². The highest BCUT2D eigenvalue weighted by atomic mass is 31.1. The van der Waals surface area contributed by atoms with Gasteiger partial charge in [0.2, 0.25) is 0 Å². The zero-order valence-electron chi connectivity index (χ0n) is 22.8. The standard InChI is InChI=1S/C28H54O5P/c1-6-9-12-15-18-22-31-28(32-23-19-16-13-10-7-2,33-24-20-17-14-11-8-3)21-25-34(30)27(29)26(4)5/h4,6-25H2,1-3,5H3/q+1. The van der Waals surface area contributed by atoms with Gasteiger partial charge in [-0.1, -0.05) is 109 Å². The maximum absolute atomic E-state index is 12.5. The van der Waals surface area contributed by atoms with Crippen LogP contribution in [-0.4, -0.2) is 37.5 Å². The van der Waals surface area contributed by atoms with Crippen molar-refractivity contribution in [3.63, 3.8) is 0 Å². The summed E-state index contributed by atoms with van der Waals surface area (Å²) >= 11 is 0. The molecule has 0 heterocycles. The number of allylic oxidation sites excluding steroid dienone is 1. The second-order valence-electron chi connectivity index (χ2n) is 9.41. The van der Waals surface area contributed by atoms with Crippen molar-refractivity contribution in [2.75, 3.05) is 26.0 Å². The van der Waals surface area contributed by atoms with Crippen molar-refractivity contribution < 1.29 is 23.6 Å². The molecule has 5 nitrogen and oxygen atoms in total. The predicted octanol–water partition coefficient (Wildman–Crippen LogP) is 8.92. The van der Waals surface area contributed by atoms with Crippen molar-refractivity contribution >= 4 is 13.3 Å². The highest BCUT2D eigenvalue weighted by Crippen LogP contribution is 2.32. The normalized spacial score (nSPS) is 12.2. The fourth-order valence-electron chi connectivity index (χ4n) is 3.69. The van der Waals surface area contributed by atoms with Crippen LogP contribution in [0.3, 0.4) is 0 Å². The number of unbranched alkanes of at least 4 members (excludes halogenated alkanes) is 12. The van der Waals surface area contributed by atoms with Crippen LogP contribution in [0, 0.1) is 0 Å². The van der Waals surface area contributed by atoms with E-state index in [1.807, 2.05) is 0 Å². The Bertz CT molecular complexity index is 494. The van der Waals surface area contributed by atoms with Gasteiger partial charge in [0.1, 0.15) is 0 Å². The summed E-state index contributed by atoms with van der Waals surface area (Å²) in [5.41, 5.74) is -0.0418. The van der Waals surface area contributed by atoms with E-state index < -0.39 is 13.8 Å². The van der Waals surface area contributed by atoms with Gasteiger partial charge in [-0.25, -0.2) is 4.79 Å². The third-order valence-corrected chi connectivity index (χ3v) is 7.39. The number of hydrogen-bond donors (Lipinski definition) is 0. The zero-order chi connectivity index (χ0) is 25.5. The first-order valence-electron chi connectivity index (χ1n) is 14.0. The first kappa shape index (κ1) is 33.4. The van der Waals surface area contributed by atoms with E-state index in [2.05, 4.69) is 27.4 Å². The average Bonchev–Trinajstić information content (AvgIpc) is 2.83. The van der Waals surface area contributed by atoms with E-state index in [9.17, 15) is 9.36 Å². The minimum Gasteiger partial charge on any atom is -0.327 e. The lowest BCUT2D eigenvalue weighted by Gasteiger charge is -2.32. The Morgan fingerprint density at radius 2 is 1.03 bits per heavy atom. The number of ether oxygens (including phenoxy) is 3. The van der Waals surface area contributed by atoms with Crippen molar-refractivity contribution in [2.24, 2.45) is 0 Å². The fraction of sp³-hybridized carbons (Fsp3) is 0.893. The van der Waals surface area contributed by atoms with Gasteiger partial charge in [-0.3, -0.25) is 0 Å². The van der Waals surface area contributed by atoms with Gasteiger partial charge in [0.15, 0.2) is 6.16 Å². The molecule has 200 valence electrons. The summed E-state index contributed by atoms with van der Waals surface area (Å²) in [6, 6.07) is 0. The van der Waals surface area contributed by atoms with Gasteiger partial charge in [-0.2, -0.15) is 0 Å². The van der Waals surface area contributed by atoms with Crippen LogP contribution in [0.5, 0.6) is 0 Å². The zero-order valence-corrected chi connectivity index (χ0v) is 23.7. The molecule has 1 unspecified atom stereocenters. The van der Waals surface area contributed by atoms with Gasteiger partial charge in [0, 0.05) is 5.57 Å². The lowest BCUT2D eigenvalue weighted by atomic mass is 10.1. The van der Waals surface area contributed by atoms with E-state index >= 15 is 0 Å². The first-order chi connectivity index (χ1) is 16.4. The van der Waals surface area contributed by atoms with Crippen molar-refractivity contribution in [1.29, 1.82) is 0 Å². The summed E-state index contributed by atoms with van der Waals surface area (Å²) in [6.45, 7) is 13.5. The molecular formula is C28H54O5P+. The SMILES string of the molecule is C=C(C)C(=O)[P+](=O)CCC(OCCCCCCC)(OCCCCCCC)OCCCCCCC. The third-order valence-electron chi connectivity index (χ3n) is 5.92. The summed E-state index contributed by atoms with van der Waals surface area (Å²) < 4.78 is 31.3. The van der Waals surface area contributed by atoms with Crippen LogP contribution >= 0.6 is 7.80 Å². The highest BCUT2D eigenvalue weighted by molar-refractivity contribution is 7.64. The number of carbonyl (C=O) groups is 1. The monoisotopic (exact) mass is 501 g/mol. The number of rotatable bonds is 26. The minimum atomic E-state index is -2.05. The van der Waals surface area contributed by atoms with E-state index in [4.69, 9.17) is 14.2 Å². The molecule has 0 amide bonds. The second-order valence-corrected chi connectivity index (χ2v) is 11.0. The molecule has 6 heteroatoms. The molecule has 0 saturated carbocycles. The molecule has 0 N–H and O–H groups in total. The molecule has 0 bridgehead atoms. The molecule has 0 aromatic carbocycles. The summed E-state index contributed by atoms with van der Waals surface area (Å²) in [5.74, 6) is -1.22. The Morgan fingerprint density at radius 3 is 1.35 bits per heavy atom. The molecule has 0 aromatic rings. The molecule has 0 rings (SSSR count). The lowest BCUT2D eigenvalue weighted by molar-refractivity contribution is -0.381. The van der Waals surface area contributed by atoms with Crippen molar-refractivity contribution in [2.45, 2.75) is 136 Å². The Labute approximate surface area is 211 Å². The second kappa shape index (κ2) is 22.8. The van der Waals surface area contributed by atoms with Gasteiger partial charge < -0.3 is 14.2 Å². The van der Waals surface area contributed by atoms with Gasteiger partial charge in [-0.05, 0) is 26.2 Å². The predicted molar refractivity (Wildman–Crippen MR) is 144 cm³/mol. The van der Waals surface area contributed by atoms with E-state index in [1.54, 1.807) is 6.92 Å². The largest absolute Gasteiger partial charge is 0.420 e. The van der Waals surface area contributed by atoms with Gasteiger partial charge >= 0.3 is 13.3 Å². The lowest BCUT2D eigenvalue weighted by Crippen LogP contribution is -2.41. The Hall–Kier alpha value is -0.610. The smallest absolute Gasteiger partial charge is 0.327 e. The van der Waals surface area contributed by atoms with E-state index in [1.165, 1.54) is 57.8 Å². The quantitative estimate of drug-likeness (QED) is 0.0512. The molecule has 0 aliphatic rings. The van der Waals surface area contributed by atoms with Crippen molar-refractivity contribution in [3.05, 3.63) is 12.2 Å². The third kappa shape index (κ3) is 17.8. The van der Waals surface area contributed by atoms with E-state index in [-0.39, 0.29) is 11.7 Å². The van der Waals surface area contributed by atoms with Gasteiger partial charge in [0.25, 0.3) is 5.97 Å². The van der Waals surface area contributed by atoms with E-state index in [0.717, 1.165) is 38.5 Å². The molecule has 0 radical (unpaired) electrons. The van der Waals surface area contributed by atoms with Crippen LogP contribution in [0.2, 0.25) is 0 Å². The maximum Gasteiger partial charge on any atom is 0.420 e. The molecule has 0 aromatic heterocycles. The molecule has 34 heavy (non-hydrogen) atoms. The van der Waals surface area contributed by atoms with Crippen LogP contribution in [-0.2, 0) is 23.6 Å². The van der Waals surface area contributed by atoms with Crippen molar-refractivity contribution in [3.8, 4) is 0 Å². The Balaban J connectivity index is 5.09. The average molecular weight is 502 g/mol. The Morgan fingerprint density at radius 1 is 0.676 bits per heavy atom. The fourth-order valence-corrected chi connectivity index (χ4v) is 4.80. The molecule has 0 aliphatic carbocycles. The van der Waals surface area contributed by atoms with Gasteiger partial charge in [-0.15, -0.1) is 0 Å². The maximum atomic E-state index is 12.5.